The highest BCUT2D eigenvalue weighted by atomic mass is 16.5. The molecule has 0 bridgehead atoms. The third-order valence-corrected chi connectivity index (χ3v) is 1.90. The summed E-state index contributed by atoms with van der Waals surface area (Å²) in [6, 6.07) is 1.66. The number of esters is 1. The molecule has 0 atom stereocenters. The van der Waals surface area contributed by atoms with Crippen LogP contribution in [0.5, 0.6) is 0 Å². The molecule has 0 aliphatic carbocycles. The largest absolute Gasteiger partial charge is 0.463 e. The number of carbonyl (C=O) groups excluding carboxylic acids is 2. The second kappa shape index (κ2) is 5.78. The van der Waals surface area contributed by atoms with E-state index in [1.165, 1.54) is 7.11 Å². The quantitative estimate of drug-likeness (QED) is 0.691. The van der Waals surface area contributed by atoms with Gasteiger partial charge in [0.25, 0.3) is 0 Å². The first-order chi connectivity index (χ1) is 8.02. The van der Waals surface area contributed by atoms with Crippen LogP contribution >= 0.6 is 0 Å². The predicted molar refractivity (Wildman–Crippen MR) is 60.4 cm³/mol. The fourth-order valence-electron chi connectivity index (χ4n) is 1.16. The number of aromatic nitrogens is 2. The highest BCUT2D eigenvalue weighted by Crippen LogP contribution is 2.06. The van der Waals surface area contributed by atoms with Gasteiger partial charge in [-0.25, -0.2) is 14.8 Å². The van der Waals surface area contributed by atoms with E-state index in [9.17, 15) is 9.59 Å². The van der Waals surface area contributed by atoms with Gasteiger partial charge in [0, 0.05) is 24.7 Å². The van der Waals surface area contributed by atoms with Gasteiger partial charge in [-0.15, -0.1) is 0 Å². The Bertz CT molecular complexity index is 434. The number of methoxy groups -OCH3 is 1. The minimum Gasteiger partial charge on any atom is -0.463 e. The number of nitrogens with one attached hydrogen (secondary N) is 1. The van der Waals surface area contributed by atoms with E-state index in [0.717, 1.165) is 0 Å². The van der Waals surface area contributed by atoms with Crippen molar-refractivity contribution in [2.75, 3.05) is 19.0 Å². The Morgan fingerprint density at radius 2 is 2.18 bits per heavy atom. The predicted octanol–water partition coefficient (Wildman–Crippen LogP) is -0.141. The summed E-state index contributed by atoms with van der Waals surface area (Å²) in [6.07, 6.45) is 0.191. The maximum atomic E-state index is 11.3. The minimum absolute atomic E-state index is 0.0194. The van der Waals surface area contributed by atoms with Crippen LogP contribution in [0.25, 0.3) is 0 Å². The van der Waals surface area contributed by atoms with Crippen molar-refractivity contribution in [1.82, 2.24) is 9.97 Å². The van der Waals surface area contributed by atoms with E-state index < -0.39 is 11.9 Å². The van der Waals surface area contributed by atoms with E-state index in [-0.39, 0.29) is 12.2 Å². The van der Waals surface area contributed by atoms with Gasteiger partial charge in [0.05, 0.1) is 7.11 Å². The Kier molecular flexibility index (Phi) is 4.38. The molecule has 1 amide bonds. The number of nitrogens with zero attached hydrogens (tertiary/aromatic N) is 2. The van der Waals surface area contributed by atoms with Gasteiger partial charge in [-0.2, -0.15) is 0 Å². The molecule has 0 unspecified atom stereocenters. The zero-order valence-corrected chi connectivity index (χ0v) is 9.69. The molecule has 92 valence electrons. The molecule has 1 aromatic rings. The summed E-state index contributed by atoms with van der Waals surface area (Å²) >= 11 is 0. The second-order valence-corrected chi connectivity index (χ2v) is 3.35. The molecular formula is C10H14N4O3. The van der Waals surface area contributed by atoms with Gasteiger partial charge in [-0.3, -0.25) is 4.79 Å². The Morgan fingerprint density at radius 3 is 2.76 bits per heavy atom. The number of carbonyl (C=O) groups is 2. The normalized spacial score (nSPS) is 9.76. The fourth-order valence-corrected chi connectivity index (χ4v) is 1.16. The van der Waals surface area contributed by atoms with Gasteiger partial charge >= 0.3 is 5.97 Å². The first-order valence-electron chi connectivity index (χ1n) is 4.99. The van der Waals surface area contributed by atoms with Crippen LogP contribution < -0.4 is 11.1 Å². The van der Waals surface area contributed by atoms with Crippen molar-refractivity contribution >= 4 is 17.7 Å². The fraction of sp³-hybridized carbons (Fsp3) is 0.400. The van der Waals surface area contributed by atoms with Crippen molar-refractivity contribution < 1.29 is 14.3 Å². The molecule has 17 heavy (non-hydrogen) atoms. The molecule has 0 fully saturated rings. The third-order valence-electron chi connectivity index (χ3n) is 1.90. The topological polar surface area (TPSA) is 107 Å². The first kappa shape index (κ1) is 12.9. The lowest BCUT2D eigenvalue weighted by Gasteiger charge is -2.06. The molecule has 0 spiro atoms. The Hall–Kier alpha value is -2.18. The van der Waals surface area contributed by atoms with Gasteiger partial charge in [-0.1, -0.05) is 0 Å². The van der Waals surface area contributed by atoms with E-state index in [4.69, 9.17) is 5.73 Å². The van der Waals surface area contributed by atoms with Crippen molar-refractivity contribution in [3.05, 3.63) is 17.6 Å². The molecule has 0 aliphatic rings. The van der Waals surface area contributed by atoms with Gasteiger partial charge in [0.2, 0.25) is 11.7 Å². The van der Waals surface area contributed by atoms with Crippen LogP contribution in [0.1, 0.15) is 22.7 Å². The molecule has 0 saturated carbocycles. The molecule has 1 rings (SSSR count). The molecule has 1 heterocycles. The highest BCUT2D eigenvalue weighted by Gasteiger charge is 2.11. The zero-order chi connectivity index (χ0) is 12.8. The van der Waals surface area contributed by atoms with E-state index in [1.54, 1.807) is 13.0 Å². The lowest BCUT2D eigenvalue weighted by atomic mass is 10.3. The molecular weight excluding hydrogens is 224 g/mol. The SMILES string of the molecule is COC(=O)c1nc(C)cc(NCCC(N)=O)n1. The van der Waals surface area contributed by atoms with Crippen molar-refractivity contribution in [1.29, 1.82) is 0 Å². The number of hydrogen-bond acceptors (Lipinski definition) is 6. The molecule has 3 N–H and O–H groups in total. The van der Waals surface area contributed by atoms with Gasteiger partial charge in [-0.05, 0) is 6.92 Å². The number of anilines is 1. The summed E-state index contributed by atoms with van der Waals surface area (Å²) < 4.78 is 4.52. The van der Waals surface area contributed by atoms with E-state index in [1.807, 2.05) is 0 Å². The van der Waals surface area contributed by atoms with Gasteiger partial charge < -0.3 is 15.8 Å². The standard InChI is InChI=1S/C10H14N4O3/c1-6-5-8(12-4-3-7(11)15)14-9(13-6)10(16)17-2/h5H,3-4H2,1-2H3,(H2,11,15)(H,12,13,14). The zero-order valence-electron chi connectivity index (χ0n) is 9.69. The lowest BCUT2D eigenvalue weighted by Crippen LogP contribution is -2.17. The van der Waals surface area contributed by atoms with Crippen molar-refractivity contribution in [2.24, 2.45) is 5.73 Å². The first-order valence-corrected chi connectivity index (χ1v) is 4.99. The number of hydrogen-bond donors (Lipinski definition) is 2. The molecule has 0 radical (unpaired) electrons. The van der Waals surface area contributed by atoms with E-state index in [0.29, 0.717) is 18.1 Å². The Balaban J connectivity index is 2.75. The van der Waals surface area contributed by atoms with Gasteiger partial charge in [0.1, 0.15) is 5.82 Å². The molecule has 0 aromatic carbocycles. The molecule has 1 aromatic heterocycles. The summed E-state index contributed by atoms with van der Waals surface area (Å²) in [5.41, 5.74) is 5.63. The van der Waals surface area contributed by atoms with Crippen LogP contribution in [-0.4, -0.2) is 35.5 Å². The molecule has 0 saturated heterocycles. The number of aryl methyl sites for hydroxylation is 1. The summed E-state index contributed by atoms with van der Waals surface area (Å²) in [4.78, 5) is 29.7. The molecule has 7 heteroatoms. The second-order valence-electron chi connectivity index (χ2n) is 3.35. The monoisotopic (exact) mass is 238 g/mol. The summed E-state index contributed by atoms with van der Waals surface area (Å²) in [7, 11) is 1.26. The number of nitrogens with two attached hydrogens (primary N) is 1. The summed E-state index contributed by atoms with van der Waals surface area (Å²) in [5, 5.41) is 2.88. The van der Waals surface area contributed by atoms with Crippen LogP contribution in [0.4, 0.5) is 5.82 Å². The number of ether oxygens (including phenoxy) is 1. The van der Waals surface area contributed by atoms with Crippen molar-refractivity contribution in [3.63, 3.8) is 0 Å². The Labute approximate surface area is 98.4 Å². The number of amides is 1. The number of rotatable bonds is 5. The average molecular weight is 238 g/mol. The average Bonchev–Trinajstić information content (AvgIpc) is 2.26. The molecule has 0 aliphatic heterocycles. The van der Waals surface area contributed by atoms with Crippen LogP contribution in [-0.2, 0) is 9.53 Å². The summed E-state index contributed by atoms with van der Waals surface area (Å²) in [5.74, 6) is -0.573. The smallest absolute Gasteiger partial charge is 0.376 e. The maximum absolute atomic E-state index is 11.3. The molecule has 7 nitrogen and oxygen atoms in total. The minimum atomic E-state index is -0.605. The Morgan fingerprint density at radius 1 is 1.47 bits per heavy atom. The van der Waals surface area contributed by atoms with Crippen LogP contribution in [0, 0.1) is 6.92 Å². The van der Waals surface area contributed by atoms with E-state index >= 15 is 0 Å². The highest BCUT2D eigenvalue weighted by molar-refractivity contribution is 5.85. The van der Waals surface area contributed by atoms with Crippen LogP contribution in [0.15, 0.2) is 6.07 Å². The lowest BCUT2D eigenvalue weighted by molar-refractivity contribution is -0.117. The van der Waals surface area contributed by atoms with Crippen LogP contribution in [0.3, 0.4) is 0 Å². The maximum Gasteiger partial charge on any atom is 0.376 e. The number of primary amides is 1. The van der Waals surface area contributed by atoms with Crippen molar-refractivity contribution in [3.8, 4) is 0 Å². The third kappa shape index (κ3) is 4.06. The van der Waals surface area contributed by atoms with Crippen molar-refractivity contribution in [2.45, 2.75) is 13.3 Å². The van der Waals surface area contributed by atoms with E-state index in [2.05, 4.69) is 20.0 Å². The van der Waals surface area contributed by atoms with Crippen LogP contribution in [0.2, 0.25) is 0 Å². The van der Waals surface area contributed by atoms with Gasteiger partial charge in [0.15, 0.2) is 0 Å². The summed E-state index contributed by atoms with van der Waals surface area (Å²) in [6.45, 7) is 2.08.